The monoisotopic (exact) mass is 481 g/mol. The van der Waals surface area contributed by atoms with Crippen LogP contribution in [0.2, 0.25) is 0 Å². The molecule has 4 aromatic carbocycles. The Morgan fingerprint density at radius 3 is 2.42 bits per heavy atom. The normalized spacial score (nSPS) is 11.4. The van der Waals surface area contributed by atoms with Gasteiger partial charge >= 0.3 is 0 Å². The van der Waals surface area contributed by atoms with E-state index >= 15 is 0 Å². The summed E-state index contributed by atoms with van der Waals surface area (Å²) in [5.41, 5.74) is 5.33. The van der Waals surface area contributed by atoms with Crippen molar-refractivity contribution < 1.29 is 14.2 Å². The highest BCUT2D eigenvalue weighted by molar-refractivity contribution is 5.98. The fourth-order valence-electron chi connectivity index (χ4n) is 4.27. The first-order valence-electron chi connectivity index (χ1n) is 12.1. The van der Waals surface area contributed by atoms with E-state index in [1.165, 1.54) is 16.3 Å². The molecule has 0 amide bonds. The number of methoxy groups -OCH3 is 1. The highest BCUT2D eigenvalue weighted by Gasteiger charge is 2.10. The molecule has 0 aliphatic rings. The molecule has 6 heteroatoms. The molecule has 0 saturated carbocycles. The summed E-state index contributed by atoms with van der Waals surface area (Å²) in [4.78, 5) is 6.74. The first-order chi connectivity index (χ1) is 17.6. The third-order valence-electron chi connectivity index (χ3n) is 6.19. The van der Waals surface area contributed by atoms with Gasteiger partial charge in [-0.1, -0.05) is 36.4 Å². The number of nitrogens with zero attached hydrogens (tertiary/aromatic N) is 3. The second-order valence-electron chi connectivity index (χ2n) is 8.99. The van der Waals surface area contributed by atoms with E-state index in [4.69, 9.17) is 14.2 Å². The molecule has 0 atom stereocenters. The minimum Gasteiger partial charge on any atom is -0.492 e. The van der Waals surface area contributed by atoms with Crippen molar-refractivity contribution >= 4 is 21.8 Å². The molecule has 5 aromatic rings. The molecule has 0 fully saturated rings. The Balaban J connectivity index is 1.44. The maximum Gasteiger partial charge on any atom is 0.121 e. The fraction of sp³-hybridized carbons (Fsp3) is 0.233. The van der Waals surface area contributed by atoms with Gasteiger partial charge in [-0.05, 0) is 72.4 Å². The fourth-order valence-corrected chi connectivity index (χ4v) is 4.27. The third-order valence-corrected chi connectivity index (χ3v) is 6.19. The molecule has 0 saturated heterocycles. The summed E-state index contributed by atoms with van der Waals surface area (Å²) in [6.45, 7) is 2.63. The van der Waals surface area contributed by atoms with Crippen LogP contribution in [-0.2, 0) is 4.74 Å². The number of benzene rings is 4. The molecular weight excluding hydrogens is 450 g/mol. The van der Waals surface area contributed by atoms with Crippen LogP contribution in [0, 0.1) is 0 Å². The first kappa shape index (κ1) is 23.9. The highest BCUT2D eigenvalue weighted by Crippen LogP contribution is 2.32. The van der Waals surface area contributed by atoms with E-state index in [-0.39, 0.29) is 0 Å². The van der Waals surface area contributed by atoms with Crippen LogP contribution in [0.4, 0.5) is 0 Å². The molecule has 0 aliphatic carbocycles. The SMILES string of the molecule is COCCOc1ccc2c(c1)ncn2-c1ccc2cccc(-c3ccc(OCCN(C)C)cc3)c2c1. The van der Waals surface area contributed by atoms with Gasteiger partial charge in [-0.3, -0.25) is 4.57 Å². The quantitative estimate of drug-likeness (QED) is 0.236. The Hall–Kier alpha value is -3.87. The molecule has 0 N–H and O–H groups in total. The average Bonchev–Trinajstić information content (AvgIpc) is 3.32. The zero-order valence-corrected chi connectivity index (χ0v) is 21.0. The van der Waals surface area contributed by atoms with Crippen LogP contribution in [0.5, 0.6) is 11.5 Å². The summed E-state index contributed by atoms with van der Waals surface area (Å²) in [6.07, 6.45) is 1.87. The first-order valence-corrected chi connectivity index (χ1v) is 12.1. The van der Waals surface area contributed by atoms with E-state index in [1.54, 1.807) is 7.11 Å². The smallest absolute Gasteiger partial charge is 0.121 e. The lowest BCUT2D eigenvalue weighted by Gasteiger charge is -2.13. The van der Waals surface area contributed by atoms with Crippen molar-refractivity contribution in [1.29, 1.82) is 0 Å². The zero-order chi connectivity index (χ0) is 24.9. The van der Waals surface area contributed by atoms with Crippen LogP contribution >= 0.6 is 0 Å². The lowest BCUT2D eigenvalue weighted by atomic mass is 9.97. The summed E-state index contributed by atoms with van der Waals surface area (Å²) < 4.78 is 18.8. The van der Waals surface area contributed by atoms with E-state index in [9.17, 15) is 0 Å². The maximum absolute atomic E-state index is 5.87. The van der Waals surface area contributed by atoms with Crippen molar-refractivity contribution in [2.24, 2.45) is 0 Å². The molecule has 5 rings (SSSR count). The number of fused-ring (bicyclic) bond motifs is 2. The second-order valence-corrected chi connectivity index (χ2v) is 8.99. The Morgan fingerprint density at radius 1 is 0.806 bits per heavy atom. The van der Waals surface area contributed by atoms with Crippen LogP contribution in [0.15, 0.2) is 85.2 Å². The summed E-state index contributed by atoms with van der Waals surface area (Å²) >= 11 is 0. The summed E-state index contributed by atoms with van der Waals surface area (Å²) in [7, 11) is 5.76. The predicted molar refractivity (Wildman–Crippen MR) is 145 cm³/mol. The van der Waals surface area contributed by atoms with Crippen LogP contribution in [-0.4, -0.2) is 62.0 Å². The van der Waals surface area contributed by atoms with E-state index in [2.05, 4.69) is 69.0 Å². The van der Waals surface area contributed by atoms with Crippen molar-refractivity contribution in [3.8, 4) is 28.3 Å². The summed E-state index contributed by atoms with van der Waals surface area (Å²) in [5.74, 6) is 1.68. The van der Waals surface area contributed by atoms with Crippen molar-refractivity contribution in [1.82, 2.24) is 14.5 Å². The van der Waals surface area contributed by atoms with Gasteiger partial charge in [0, 0.05) is 25.4 Å². The number of hydrogen-bond acceptors (Lipinski definition) is 5. The van der Waals surface area contributed by atoms with E-state index in [0.29, 0.717) is 19.8 Å². The van der Waals surface area contributed by atoms with Gasteiger partial charge in [-0.2, -0.15) is 0 Å². The van der Waals surface area contributed by atoms with Crippen LogP contribution in [0.25, 0.3) is 38.6 Å². The molecule has 0 unspecified atom stereocenters. The summed E-state index contributed by atoms with van der Waals surface area (Å²) in [6, 6.07) is 27.3. The lowest BCUT2D eigenvalue weighted by molar-refractivity contribution is 0.146. The Kier molecular flexibility index (Phi) is 7.16. The van der Waals surface area contributed by atoms with Gasteiger partial charge in [0.05, 0.1) is 17.6 Å². The van der Waals surface area contributed by atoms with Crippen molar-refractivity contribution in [3.63, 3.8) is 0 Å². The molecular formula is C30H31N3O3. The van der Waals surface area contributed by atoms with Gasteiger partial charge in [-0.15, -0.1) is 0 Å². The Morgan fingerprint density at radius 2 is 1.61 bits per heavy atom. The molecule has 1 heterocycles. The number of ether oxygens (including phenoxy) is 3. The molecule has 0 bridgehead atoms. The van der Waals surface area contributed by atoms with Crippen molar-refractivity contribution in [2.75, 3.05) is 47.6 Å². The number of likely N-dealkylation sites (N-methyl/N-ethyl adjacent to an activating group) is 1. The molecule has 0 spiro atoms. The van der Waals surface area contributed by atoms with E-state index < -0.39 is 0 Å². The van der Waals surface area contributed by atoms with E-state index in [0.717, 1.165) is 40.3 Å². The minimum atomic E-state index is 0.513. The topological polar surface area (TPSA) is 48.8 Å². The van der Waals surface area contributed by atoms with Gasteiger partial charge in [0.15, 0.2) is 0 Å². The number of rotatable bonds is 10. The third kappa shape index (κ3) is 5.20. The van der Waals surface area contributed by atoms with Gasteiger partial charge < -0.3 is 19.1 Å². The Labute approximate surface area is 211 Å². The molecule has 1 aromatic heterocycles. The van der Waals surface area contributed by atoms with Crippen LogP contribution < -0.4 is 9.47 Å². The van der Waals surface area contributed by atoms with Gasteiger partial charge in [0.1, 0.15) is 31.0 Å². The van der Waals surface area contributed by atoms with Gasteiger partial charge in [-0.25, -0.2) is 4.98 Å². The van der Waals surface area contributed by atoms with Crippen LogP contribution in [0.3, 0.4) is 0 Å². The number of aromatic nitrogens is 2. The van der Waals surface area contributed by atoms with Crippen molar-refractivity contribution in [3.05, 3.63) is 85.2 Å². The average molecular weight is 482 g/mol. The predicted octanol–water partition coefficient (Wildman–Crippen LogP) is 5.81. The maximum atomic E-state index is 5.87. The van der Waals surface area contributed by atoms with E-state index in [1.807, 2.05) is 44.7 Å². The Bertz CT molecular complexity index is 1460. The molecule has 0 radical (unpaired) electrons. The standard InChI is InChI=1S/C30H31N3O3/c1-32(2)15-16-35-25-11-8-23(9-12-25)27-6-4-5-22-7-10-24(19-28(22)27)33-21-31-29-20-26(13-14-30(29)33)36-18-17-34-3/h4-14,19-21H,15-18H2,1-3H3. The summed E-state index contributed by atoms with van der Waals surface area (Å²) in [5, 5.41) is 2.39. The largest absolute Gasteiger partial charge is 0.492 e. The number of imidazole rings is 1. The molecule has 6 nitrogen and oxygen atoms in total. The van der Waals surface area contributed by atoms with Gasteiger partial charge in [0.2, 0.25) is 0 Å². The minimum absolute atomic E-state index is 0.513. The molecule has 184 valence electrons. The molecule has 36 heavy (non-hydrogen) atoms. The zero-order valence-electron chi connectivity index (χ0n) is 21.0. The second kappa shape index (κ2) is 10.8. The van der Waals surface area contributed by atoms with Crippen LogP contribution in [0.1, 0.15) is 0 Å². The molecule has 0 aliphatic heterocycles. The highest BCUT2D eigenvalue weighted by atomic mass is 16.5. The number of hydrogen-bond donors (Lipinski definition) is 0. The van der Waals surface area contributed by atoms with Crippen molar-refractivity contribution in [2.45, 2.75) is 0 Å². The lowest BCUT2D eigenvalue weighted by Crippen LogP contribution is -2.19. The van der Waals surface area contributed by atoms with Gasteiger partial charge in [0.25, 0.3) is 0 Å².